The molecule has 2 aromatic carbocycles. The van der Waals surface area contributed by atoms with Crippen LogP contribution in [0.25, 0.3) is 11.1 Å². The van der Waals surface area contributed by atoms with Crippen molar-refractivity contribution in [1.29, 1.82) is 0 Å². The first kappa shape index (κ1) is 21.8. The lowest BCUT2D eigenvalue weighted by Crippen LogP contribution is -2.44. The summed E-state index contributed by atoms with van der Waals surface area (Å²) in [7, 11) is -3.57. The minimum absolute atomic E-state index is 0.130. The van der Waals surface area contributed by atoms with Crippen LogP contribution in [0.2, 0.25) is 0 Å². The first-order chi connectivity index (χ1) is 15.3. The Balaban J connectivity index is 1.39. The van der Waals surface area contributed by atoms with Crippen LogP contribution in [-0.2, 0) is 9.84 Å². The molecule has 2 amide bonds. The number of hydrogen-bond donors (Lipinski definition) is 1. The molecular weight excluding hydrogens is 438 g/mol. The number of benzene rings is 2. The van der Waals surface area contributed by atoms with Crippen LogP contribution in [0.5, 0.6) is 0 Å². The zero-order valence-electron chi connectivity index (χ0n) is 16.9. The number of anilines is 1. The van der Waals surface area contributed by atoms with Gasteiger partial charge >= 0.3 is 6.03 Å². The van der Waals surface area contributed by atoms with Crippen molar-refractivity contribution in [3.8, 4) is 11.1 Å². The fourth-order valence-electron chi connectivity index (χ4n) is 3.63. The smallest absolute Gasteiger partial charge is 0.321 e. The number of sulfone groups is 1. The third-order valence-electron chi connectivity index (χ3n) is 5.42. The van der Waals surface area contributed by atoms with Crippen LogP contribution in [0.4, 0.5) is 19.3 Å². The van der Waals surface area contributed by atoms with Gasteiger partial charge in [-0.05, 0) is 42.7 Å². The molecule has 0 unspecified atom stereocenters. The molecule has 0 radical (unpaired) electrons. The summed E-state index contributed by atoms with van der Waals surface area (Å²) in [6, 6.07) is 8.88. The lowest BCUT2D eigenvalue weighted by molar-refractivity contribution is 0.200. The van der Waals surface area contributed by atoms with Gasteiger partial charge in [-0.15, -0.1) is 0 Å². The molecule has 1 fully saturated rings. The molecule has 0 bridgehead atoms. The molecule has 0 saturated carbocycles. The lowest BCUT2D eigenvalue weighted by Gasteiger charge is -2.31. The molecule has 7 nitrogen and oxygen atoms in total. The summed E-state index contributed by atoms with van der Waals surface area (Å²) in [5.41, 5.74) is 1.47. The SMILES string of the molecule is O=C(Nc1ccc(F)cc1F)N1CCC(S(=O)(=O)c2ccc(-c3cncnc3)cc2)CC1. The van der Waals surface area contributed by atoms with Crippen LogP contribution < -0.4 is 5.32 Å². The number of amides is 2. The van der Waals surface area contributed by atoms with Gasteiger partial charge in [0.15, 0.2) is 9.84 Å². The Labute approximate surface area is 184 Å². The van der Waals surface area contributed by atoms with Crippen LogP contribution in [0, 0.1) is 11.6 Å². The van der Waals surface area contributed by atoms with Crippen LogP contribution in [0.3, 0.4) is 0 Å². The van der Waals surface area contributed by atoms with Gasteiger partial charge in [-0.3, -0.25) is 0 Å². The molecule has 166 valence electrons. The van der Waals surface area contributed by atoms with Gasteiger partial charge in [0.2, 0.25) is 0 Å². The van der Waals surface area contributed by atoms with E-state index in [1.807, 2.05) is 0 Å². The van der Waals surface area contributed by atoms with Crippen molar-refractivity contribution in [1.82, 2.24) is 14.9 Å². The molecule has 0 spiro atoms. The second kappa shape index (κ2) is 8.99. The summed E-state index contributed by atoms with van der Waals surface area (Å²) in [4.78, 5) is 22.0. The van der Waals surface area contributed by atoms with Crippen molar-refractivity contribution in [3.63, 3.8) is 0 Å². The molecule has 1 N–H and O–H groups in total. The molecular formula is C22H20F2N4O3S. The highest BCUT2D eigenvalue weighted by molar-refractivity contribution is 7.92. The van der Waals surface area contributed by atoms with E-state index in [-0.39, 0.29) is 36.5 Å². The molecule has 1 aliphatic heterocycles. The summed E-state index contributed by atoms with van der Waals surface area (Å²) in [5.74, 6) is -1.61. The van der Waals surface area contributed by atoms with Crippen molar-refractivity contribution in [2.75, 3.05) is 18.4 Å². The van der Waals surface area contributed by atoms with E-state index >= 15 is 0 Å². The second-order valence-corrected chi connectivity index (χ2v) is 9.67. The molecule has 32 heavy (non-hydrogen) atoms. The van der Waals surface area contributed by atoms with Crippen molar-refractivity contribution >= 4 is 21.6 Å². The van der Waals surface area contributed by atoms with Crippen LogP contribution in [0.15, 0.2) is 66.1 Å². The maximum Gasteiger partial charge on any atom is 0.321 e. The maximum absolute atomic E-state index is 13.8. The predicted octanol–water partition coefficient (Wildman–Crippen LogP) is 3.89. The maximum atomic E-state index is 13.8. The highest BCUT2D eigenvalue weighted by Crippen LogP contribution is 2.27. The van der Waals surface area contributed by atoms with E-state index in [9.17, 15) is 22.0 Å². The fourth-order valence-corrected chi connectivity index (χ4v) is 5.36. The molecule has 3 aromatic rings. The second-order valence-electron chi connectivity index (χ2n) is 7.44. The number of nitrogens with one attached hydrogen (secondary N) is 1. The van der Waals surface area contributed by atoms with Gasteiger partial charge in [0.25, 0.3) is 0 Å². The standard InChI is InChI=1S/C22H20F2N4O3S/c23-17-3-6-21(20(24)11-17)27-22(29)28-9-7-19(8-10-28)32(30,31)18-4-1-15(2-5-18)16-12-25-14-26-13-16/h1-6,11-14,19H,7-10H2,(H,27,29). The molecule has 10 heteroatoms. The van der Waals surface area contributed by atoms with E-state index in [1.54, 1.807) is 36.7 Å². The number of carbonyl (C=O) groups excluding carboxylic acids is 1. The minimum Gasteiger partial charge on any atom is -0.324 e. The largest absolute Gasteiger partial charge is 0.324 e. The van der Waals surface area contributed by atoms with Gasteiger partial charge < -0.3 is 10.2 Å². The molecule has 4 rings (SSSR count). The number of likely N-dealkylation sites (tertiary alicyclic amines) is 1. The monoisotopic (exact) mass is 458 g/mol. The molecule has 1 aliphatic rings. The van der Waals surface area contributed by atoms with Crippen LogP contribution >= 0.6 is 0 Å². The molecule has 1 aromatic heterocycles. The molecule has 2 heterocycles. The predicted molar refractivity (Wildman–Crippen MR) is 115 cm³/mol. The third kappa shape index (κ3) is 4.59. The lowest BCUT2D eigenvalue weighted by atomic mass is 10.1. The number of rotatable bonds is 4. The minimum atomic E-state index is -3.57. The third-order valence-corrected chi connectivity index (χ3v) is 7.70. The average Bonchev–Trinajstić information content (AvgIpc) is 2.81. The Bertz CT molecular complexity index is 1210. The van der Waals surface area contributed by atoms with E-state index in [1.165, 1.54) is 11.2 Å². The molecule has 1 saturated heterocycles. The Kier molecular flexibility index (Phi) is 6.13. The van der Waals surface area contributed by atoms with E-state index in [2.05, 4.69) is 15.3 Å². The zero-order valence-corrected chi connectivity index (χ0v) is 17.7. The van der Waals surface area contributed by atoms with E-state index in [0.717, 1.165) is 23.3 Å². The van der Waals surface area contributed by atoms with Gasteiger partial charge in [-0.25, -0.2) is 32.0 Å². The van der Waals surface area contributed by atoms with Gasteiger partial charge in [-0.2, -0.15) is 0 Å². The number of halogens is 2. The van der Waals surface area contributed by atoms with Gasteiger partial charge in [0.05, 0.1) is 15.8 Å². The van der Waals surface area contributed by atoms with Crippen molar-refractivity contribution in [2.24, 2.45) is 0 Å². The molecule has 0 aliphatic carbocycles. The summed E-state index contributed by atoms with van der Waals surface area (Å²) in [6.45, 7) is 0.413. The molecule has 0 atom stereocenters. The van der Waals surface area contributed by atoms with E-state index in [4.69, 9.17) is 0 Å². The Hall–Kier alpha value is -3.40. The topological polar surface area (TPSA) is 92.3 Å². The highest BCUT2D eigenvalue weighted by atomic mass is 32.2. The number of nitrogens with zero attached hydrogens (tertiary/aromatic N) is 3. The van der Waals surface area contributed by atoms with Crippen molar-refractivity contribution < 1.29 is 22.0 Å². The number of carbonyl (C=O) groups is 1. The van der Waals surface area contributed by atoms with Crippen LogP contribution in [0.1, 0.15) is 12.8 Å². The van der Waals surface area contributed by atoms with E-state index < -0.39 is 32.8 Å². The highest BCUT2D eigenvalue weighted by Gasteiger charge is 2.33. The summed E-state index contributed by atoms with van der Waals surface area (Å²) in [6.07, 6.45) is 5.24. The first-order valence-electron chi connectivity index (χ1n) is 9.95. The summed E-state index contributed by atoms with van der Waals surface area (Å²) >= 11 is 0. The zero-order chi connectivity index (χ0) is 22.7. The summed E-state index contributed by atoms with van der Waals surface area (Å²) < 4.78 is 52.9. The quantitative estimate of drug-likeness (QED) is 0.640. The fraction of sp³-hybridized carbons (Fsp3) is 0.227. The number of piperidine rings is 1. The van der Waals surface area contributed by atoms with Crippen molar-refractivity contribution in [3.05, 3.63) is 72.8 Å². The number of urea groups is 1. The average molecular weight is 458 g/mol. The number of hydrogen-bond acceptors (Lipinski definition) is 5. The van der Waals surface area contributed by atoms with Crippen molar-refractivity contribution in [2.45, 2.75) is 23.0 Å². The normalized spacial score (nSPS) is 14.9. The van der Waals surface area contributed by atoms with Gasteiger partial charge in [0, 0.05) is 37.1 Å². The summed E-state index contributed by atoms with van der Waals surface area (Å²) in [5, 5.41) is 1.77. The Morgan fingerprint density at radius 1 is 0.969 bits per heavy atom. The van der Waals surface area contributed by atoms with Gasteiger partial charge in [-0.1, -0.05) is 12.1 Å². The number of aromatic nitrogens is 2. The Morgan fingerprint density at radius 3 is 2.25 bits per heavy atom. The van der Waals surface area contributed by atoms with Crippen LogP contribution in [-0.4, -0.2) is 47.7 Å². The first-order valence-corrected chi connectivity index (χ1v) is 11.5. The van der Waals surface area contributed by atoms with E-state index in [0.29, 0.717) is 6.07 Å². The Morgan fingerprint density at radius 2 is 1.62 bits per heavy atom. The van der Waals surface area contributed by atoms with Gasteiger partial charge in [0.1, 0.15) is 18.0 Å².